The Morgan fingerprint density at radius 3 is 2.29 bits per heavy atom. The summed E-state index contributed by atoms with van der Waals surface area (Å²) in [6.45, 7) is 5.96. The van der Waals surface area contributed by atoms with Crippen LogP contribution in [0.1, 0.15) is 38.8 Å². The Labute approximate surface area is 103 Å². The number of hydrogen-bond acceptors (Lipinski definition) is 2. The molecule has 1 aromatic rings. The van der Waals surface area contributed by atoms with Gasteiger partial charge in [0.1, 0.15) is 5.75 Å². The zero-order valence-corrected chi connectivity index (χ0v) is 11.0. The molecule has 0 bridgehead atoms. The first-order valence-corrected chi connectivity index (χ1v) is 6.03. The number of amides is 1. The van der Waals surface area contributed by atoms with E-state index in [-0.39, 0.29) is 23.6 Å². The van der Waals surface area contributed by atoms with Crippen LogP contribution in [-0.2, 0) is 4.79 Å². The van der Waals surface area contributed by atoms with Crippen LogP contribution in [0.15, 0.2) is 24.3 Å². The highest BCUT2D eigenvalue weighted by Gasteiger charge is 2.21. The van der Waals surface area contributed by atoms with Crippen molar-refractivity contribution in [3.63, 3.8) is 0 Å². The summed E-state index contributed by atoms with van der Waals surface area (Å²) in [5, 5.41) is 9.23. The Bertz CT molecular complexity index is 372. The van der Waals surface area contributed by atoms with Crippen LogP contribution in [0.25, 0.3) is 0 Å². The summed E-state index contributed by atoms with van der Waals surface area (Å²) in [6, 6.07) is 7.01. The van der Waals surface area contributed by atoms with Crippen molar-refractivity contribution >= 4 is 5.91 Å². The number of nitrogens with zero attached hydrogens (tertiary/aromatic N) is 1. The average Bonchev–Trinajstić information content (AvgIpc) is 2.36. The maximum absolute atomic E-state index is 12.0. The fourth-order valence-electron chi connectivity index (χ4n) is 1.69. The first-order chi connectivity index (χ1) is 7.97. The van der Waals surface area contributed by atoms with Crippen LogP contribution in [0.2, 0.25) is 0 Å². The molecule has 1 amide bonds. The van der Waals surface area contributed by atoms with Crippen LogP contribution in [0.4, 0.5) is 0 Å². The summed E-state index contributed by atoms with van der Waals surface area (Å²) >= 11 is 0. The smallest absolute Gasteiger partial charge is 0.225 e. The van der Waals surface area contributed by atoms with Crippen LogP contribution in [0.5, 0.6) is 5.75 Å². The van der Waals surface area contributed by atoms with Crippen LogP contribution in [-0.4, -0.2) is 23.0 Å². The van der Waals surface area contributed by atoms with Crippen LogP contribution in [0, 0.1) is 5.92 Å². The van der Waals surface area contributed by atoms with Crippen molar-refractivity contribution in [2.45, 2.75) is 33.2 Å². The molecule has 0 aromatic heterocycles. The maximum atomic E-state index is 12.0. The Balaban J connectivity index is 2.79. The Morgan fingerprint density at radius 1 is 1.29 bits per heavy atom. The van der Waals surface area contributed by atoms with E-state index < -0.39 is 0 Å². The molecule has 0 saturated heterocycles. The lowest BCUT2D eigenvalue weighted by molar-refractivity contribution is -0.135. The summed E-state index contributed by atoms with van der Waals surface area (Å²) in [5.41, 5.74) is 1.03. The number of carbonyl (C=O) groups excluding carboxylic acids is 1. The molecule has 0 aliphatic carbocycles. The third kappa shape index (κ3) is 3.22. The van der Waals surface area contributed by atoms with Gasteiger partial charge in [-0.05, 0) is 31.0 Å². The minimum absolute atomic E-state index is 0.0251. The molecular formula is C14H21NO2. The van der Waals surface area contributed by atoms with Crippen molar-refractivity contribution in [3.05, 3.63) is 29.8 Å². The number of phenols is 1. The SMILES string of the molecule is CCC(C)C(=O)N(C)C(C)c1ccc(O)cc1. The Kier molecular flexibility index (Phi) is 4.55. The third-order valence-corrected chi connectivity index (χ3v) is 3.34. The van der Waals surface area contributed by atoms with E-state index >= 15 is 0 Å². The van der Waals surface area contributed by atoms with E-state index in [1.165, 1.54) is 0 Å². The minimum Gasteiger partial charge on any atom is -0.508 e. The van der Waals surface area contributed by atoms with E-state index in [4.69, 9.17) is 0 Å². The second-order valence-corrected chi connectivity index (χ2v) is 4.53. The number of hydrogen-bond donors (Lipinski definition) is 1. The molecule has 2 unspecified atom stereocenters. The van der Waals surface area contributed by atoms with E-state index in [1.807, 2.05) is 40.0 Å². The van der Waals surface area contributed by atoms with E-state index in [0.717, 1.165) is 12.0 Å². The molecule has 0 heterocycles. The van der Waals surface area contributed by atoms with Gasteiger partial charge in [0.05, 0.1) is 6.04 Å². The second-order valence-electron chi connectivity index (χ2n) is 4.53. The average molecular weight is 235 g/mol. The van der Waals surface area contributed by atoms with Gasteiger partial charge in [0.25, 0.3) is 0 Å². The van der Waals surface area contributed by atoms with Crippen LogP contribution < -0.4 is 0 Å². The minimum atomic E-state index is 0.0251. The zero-order chi connectivity index (χ0) is 13.0. The number of benzene rings is 1. The normalized spacial score (nSPS) is 14.1. The number of rotatable bonds is 4. The summed E-state index contributed by atoms with van der Waals surface area (Å²) in [7, 11) is 1.83. The highest BCUT2D eigenvalue weighted by atomic mass is 16.3. The van der Waals surface area contributed by atoms with Crippen molar-refractivity contribution in [3.8, 4) is 5.75 Å². The summed E-state index contributed by atoms with van der Waals surface area (Å²) in [5.74, 6) is 0.462. The van der Waals surface area contributed by atoms with Gasteiger partial charge in [-0.1, -0.05) is 26.0 Å². The molecule has 3 nitrogen and oxygen atoms in total. The van der Waals surface area contributed by atoms with Crippen LogP contribution in [0.3, 0.4) is 0 Å². The molecular weight excluding hydrogens is 214 g/mol. The Hall–Kier alpha value is -1.51. The molecule has 17 heavy (non-hydrogen) atoms. The molecule has 0 spiro atoms. The van der Waals surface area contributed by atoms with Gasteiger partial charge < -0.3 is 10.0 Å². The van der Waals surface area contributed by atoms with E-state index in [0.29, 0.717) is 0 Å². The van der Waals surface area contributed by atoms with Crippen molar-refractivity contribution in [1.29, 1.82) is 0 Å². The molecule has 0 fully saturated rings. The van der Waals surface area contributed by atoms with Crippen molar-refractivity contribution in [2.75, 3.05) is 7.05 Å². The van der Waals surface area contributed by atoms with Gasteiger partial charge in [-0.25, -0.2) is 0 Å². The summed E-state index contributed by atoms with van der Waals surface area (Å²) in [6.07, 6.45) is 0.853. The van der Waals surface area contributed by atoms with Crippen molar-refractivity contribution < 1.29 is 9.90 Å². The molecule has 1 aromatic carbocycles. The third-order valence-electron chi connectivity index (χ3n) is 3.34. The first-order valence-electron chi connectivity index (χ1n) is 6.03. The first kappa shape index (κ1) is 13.6. The zero-order valence-electron chi connectivity index (χ0n) is 11.0. The van der Waals surface area contributed by atoms with Crippen molar-refractivity contribution in [2.24, 2.45) is 5.92 Å². The highest BCUT2D eigenvalue weighted by Crippen LogP contribution is 2.22. The molecule has 3 heteroatoms. The number of aromatic hydroxyl groups is 1. The van der Waals surface area contributed by atoms with Gasteiger partial charge in [-0.3, -0.25) is 4.79 Å². The van der Waals surface area contributed by atoms with E-state index in [1.54, 1.807) is 17.0 Å². The second kappa shape index (κ2) is 5.71. The van der Waals surface area contributed by atoms with Gasteiger partial charge >= 0.3 is 0 Å². The van der Waals surface area contributed by atoms with Gasteiger partial charge in [0, 0.05) is 13.0 Å². The molecule has 94 valence electrons. The Morgan fingerprint density at radius 2 is 1.82 bits per heavy atom. The van der Waals surface area contributed by atoms with E-state index in [2.05, 4.69) is 0 Å². The highest BCUT2D eigenvalue weighted by molar-refractivity contribution is 5.78. The predicted octanol–water partition coefficient (Wildman–Crippen LogP) is 2.96. The lowest BCUT2D eigenvalue weighted by atomic mass is 10.0. The van der Waals surface area contributed by atoms with Gasteiger partial charge in [0.15, 0.2) is 0 Å². The van der Waals surface area contributed by atoms with Gasteiger partial charge in [0.2, 0.25) is 5.91 Å². The quantitative estimate of drug-likeness (QED) is 0.871. The standard InChI is InChI=1S/C14H21NO2/c1-5-10(2)14(17)15(4)11(3)12-6-8-13(16)9-7-12/h6-11,16H,5H2,1-4H3. The monoisotopic (exact) mass is 235 g/mol. The lowest BCUT2D eigenvalue weighted by Gasteiger charge is -2.27. The molecule has 1 N–H and O–H groups in total. The molecule has 1 rings (SSSR count). The lowest BCUT2D eigenvalue weighted by Crippen LogP contribution is -2.33. The molecule has 0 radical (unpaired) electrons. The predicted molar refractivity (Wildman–Crippen MR) is 68.7 cm³/mol. The summed E-state index contributed by atoms with van der Waals surface area (Å²) in [4.78, 5) is 13.8. The molecule has 2 atom stereocenters. The largest absolute Gasteiger partial charge is 0.508 e. The fraction of sp³-hybridized carbons (Fsp3) is 0.500. The van der Waals surface area contributed by atoms with E-state index in [9.17, 15) is 9.90 Å². The molecule has 0 aliphatic heterocycles. The summed E-state index contributed by atoms with van der Waals surface area (Å²) < 4.78 is 0. The molecule has 0 saturated carbocycles. The number of phenolic OH excluding ortho intramolecular Hbond substituents is 1. The molecule has 0 aliphatic rings. The topological polar surface area (TPSA) is 40.5 Å². The van der Waals surface area contributed by atoms with Gasteiger partial charge in [-0.2, -0.15) is 0 Å². The maximum Gasteiger partial charge on any atom is 0.225 e. The fourth-order valence-corrected chi connectivity index (χ4v) is 1.69. The van der Waals surface area contributed by atoms with Gasteiger partial charge in [-0.15, -0.1) is 0 Å². The van der Waals surface area contributed by atoms with Crippen molar-refractivity contribution in [1.82, 2.24) is 4.90 Å². The number of carbonyl (C=O) groups is 1. The van der Waals surface area contributed by atoms with Crippen LogP contribution >= 0.6 is 0 Å².